The molecule has 0 saturated heterocycles. The molecule has 8 heteroatoms. The van der Waals surface area contributed by atoms with Crippen LogP contribution < -0.4 is 15.1 Å². The van der Waals surface area contributed by atoms with Crippen molar-refractivity contribution in [2.75, 3.05) is 18.1 Å². The lowest BCUT2D eigenvalue weighted by molar-refractivity contribution is 0.493. The first-order valence-electron chi connectivity index (χ1n) is 6.79. The van der Waals surface area contributed by atoms with Gasteiger partial charge in [0.2, 0.25) is 0 Å². The number of aromatic nitrogens is 2. The molecule has 1 aliphatic rings. The topological polar surface area (TPSA) is 101 Å². The van der Waals surface area contributed by atoms with Crippen molar-refractivity contribution in [3.05, 3.63) is 40.2 Å². The lowest BCUT2D eigenvalue weighted by atomic mass is 10.0. The Morgan fingerprint density at radius 1 is 1.23 bits per heavy atom. The molecule has 0 bridgehead atoms. The number of benzene rings is 1. The van der Waals surface area contributed by atoms with E-state index in [-0.39, 0.29) is 11.3 Å². The average molecular weight is 321 g/mol. The van der Waals surface area contributed by atoms with E-state index in [1.807, 2.05) is 0 Å². The van der Waals surface area contributed by atoms with Crippen LogP contribution in [0, 0.1) is 0 Å². The van der Waals surface area contributed by atoms with Gasteiger partial charge in [-0.3, -0.25) is 4.79 Å². The molecule has 0 radical (unpaired) electrons. The predicted octanol–water partition coefficient (Wildman–Crippen LogP) is 1.13. The Morgan fingerprint density at radius 2 is 1.95 bits per heavy atom. The Balaban J connectivity index is 2.00. The number of hydrogen-bond donors (Lipinski definition) is 2. The van der Waals surface area contributed by atoms with Crippen LogP contribution in [-0.2, 0) is 16.5 Å². The monoisotopic (exact) mass is 321 g/mol. The normalized spacial score (nSPS) is 14.0. The van der Waals surface area contributed by atoms with Crippen molar-refractivity contribution in [3.63, 3.8) is 0 Å². The smallest absolute Gasteiger partial charge is 0.306 e. The van der Waals surface area contributed by atoms with E-state index in [9.17, 15) is 13.2 Å². The van der Waals surface area contributed by atoms with Crippen molar-refractivity contribution in [1.82, 2.24) is 10.2 Å². The summed E-state index contributed by atoms with van der Waals surface area (Å²) < 4.78 is 27.0. The van der Waals surface area contributed by atoms with Crippen molar-refractivity contribution < 1.29 is 12.6 Å². The van der Waals surface area contributed by atoms with Gasteiger partial charge in [-0.1, -0.05) is 0 Å². The van der Waals surface area contributed by atoms with Crippen LogP contribution in [0.25, 0.3) is 11.3 Å². The summed E-state index contributed by atoms with van der Waals surface area (Å²) in [6.45, 7) is 0.792. The van der Waals surface area contributed by atoms with Crippen molar-refractivity contribution >= 4 is 15.8 Å². The molecule has 0 amide bonds. The third-order valence-electron chi connectivity index (χ3n) is 3.36. The zero-order valence-electron chi connectivity index (χ0n) is 11.9. The first-order valence-corrected chi connectivity index (χ1v) is 8.61. The van der Waals surface area contributed by atoms with E-state index in [0.29, 0.717) is 17.7 Å². The number of anilines is 1. The molecule has 7 nitrogen and oxygen atoms in total. The molecule has 2 aromatic rings. The standard InChI is InChI=1S/C14H15N3O4S/c1-22(19,20)21-10-6-4-9(5-7-10)12-13-11(3-2-8-15-13)14(18)17-16-12/h4-7,15H,2-3,8H2,1H3,(H,17,18). The van der Waals surface area contributed by atoms with E-state index in [0.717, 1.165) is 30.5 Å². The summed E-state index contributed by atoms with van der Waals surface area (Å²) in [6.07, 6.45) is 2.60. The van der Waals surface area contributed by atoms with Crippen molar-refractivity contribution in [1.29, 1.82) is 0 Å². The molecular weight excluding hydrogens is 306 g/mol. The molecule has 1 aliphatic heterocycles. The van der Waals surface area contributed by atoms with Crippen LogP contribution in [0.3, 0.4) is 0 Å². The second-order valence-corrected chi connectivity index (χ2v) is 6.67. The molecule has 22 heavy (non-hydrogen) atoms. The summed E-state index contributed by atoms with van der Waals surface area (Å²) in [4.78, 5) is 11.8. The maximum atomic E-state index is 11.8. The molecule has 0 aliphatic carbocycles. The average Bonchev–Trinajstić information content (AvgIpc) is 2.48. The van der Waals surface area contributed by atoms with E-state index in [1.165, 1.54) is 0 Å². The molecule has 1 aromatic carbocycles. The molecule has 116 valence electrons. The Bertz CT molecular complexity index is 857. The van der Waals surface area contributed by atoms with Crippen LogP contribution in [-0.4, -0.2) is 31.4 Å². The highest BCUT2D eigenvalue weighted by Crippen LogP contribution is 2.30. The maximum Gasteiger partial charge on any atom is 0.306 e. The van der Waals surface area contributed by atoms with E-state index >= 15 is 0 Å². The zero-order chi connectivity index (χ0) is 15.7. The molecule has 3 rings (SSSR count). The summed E-state index contributed by atoms with van der Waals surface area (Å²) >= 11 is 0. The van der Waals surface area contributed by atoms with Gasteiger partial charge in [0.05, 0.1) is 11.9 Å². The number of rotatable bonds is 3. The molecular formula is C14H15N3O4S. The number of fused-ring (bicyclic) bond motifs is 1. The van der Waals surface area contributed by atoms with Crippen LogP contribution in [0.5, 0.6) is 5.75 Å². The fourth-order valence-electron chi connectivity index (χ4n) is 2.45. The van der Waals surface area contributed by atoms with E-state index in [1.54, 1.807) is 24.3 Å². The Kier molecular flexibility index (Phi) is 3.61. The minimum absolute atomic E-state index is 0.178. The molecule has 0 spiro atoms. The van der Waals surface area contributed by atoms with Gasteiger partial charge >= 0.3 is 10.1 Å². The SMILES string of the molecule is CS(=O)(=O)Oc1ccc(-c2n[nH]c(=O)c3c2NCCC3)cc1. The van der Waals surface area contributed by atoms with Gasteiger partial charge in [0.1, 0.15) is 11.4 Å². The molecule has 0 unspecified atom stereocenters. The second kappa shape index (κ2) is 5.45. The van der Waals surface area contributed by atoms with Crippen LogP contribution >= 0.6 is 0 Å². The second-order valence-electron chi connectivity index (χ2n) is 5.10. The van der Waals surface area contributed by atoms with Crippen LogP contribution in [0.2, 0.25) is 0 Å². The van der Waals surface area contributed by atoms with E-state index in [4.69, 9.17) is 4.18 Å². The maximum absolute atomic E-state index is 11.8. The summed E-state index contributed by atoms with van der Waals surface area (Å²) in [7, 11) is -3.55. The van der Waals surface area contributed by atoms with E-state index < -0.39 is 10.1 Å². The van der Waals surface area contributed by atoms with Crippen LogP contribution in [0.1, 0.15) is 12.0 Å². The number of aromatic amines is 1. The van der Waals surface area contributed by atoms with Gasteiger partial charge in [-0.05, 0) is 37.1 Å². The van der Waals surface area contributed by atoms with E-state index in [2.05, 4.69) is 15.5 Å². The highest BCUT2D eigenvalue weighted by molar-refractivity contribution is 7.86. The lowest BCUT2D eigenvalue weighted by Crippen LogP contribution is -2.24. The summed E-state index contributed by atoms with van der Waals surface area (Å²) in [5.74, 6) is 0.234. The molecule has 2 N–H and O–H groups in total. The minimum atomic E-state index is -3.55. The predicted molar refractivity (Wildman–Crippen MR) is 82.6 cm³/mol. The van der Waals surface area contributed by atoms with Gasteiger partial charge in [0, 0.05) is 17.7 Å². The van der Waals surface area contributed by atoms with Gasteiger partial charge in [-0.25, -0.2) is 5.10 Å². The lowest BCUT2D eigenvalue weighted by Gasteiger charge is -2.19. The van der Waals surface area contributed by atoms with Gasteiger partial charge < -0.3 is 9.50 Å². The fourth-order valence-corrected chi connectivity index (χ4v) is 2.91. The number of hydrogen-bond acceptors (Lipinski definition) is 6. The largest absolute Gasteiger partial charge is 0.383 e. The van der Waals surface area contributed by atoms with Gasteiger partial charge in [0.15, 0.2) is 0 Å². The Hall–Kier alpha value is -2.35. The minimum Gasteiger partial charge on any atom is -0.383 e. The number of nitrogens with zero attached hydrogens (tertiary/aromatic N) is 1. The quantitative estimate of drug-likeness (QED) is 0.822. The van der Waals surface area contributed by atoms with Crippen LogP contribution in [0.15, 0.2) is 29.1 Å². The Morgan fingerprint density at radius 3 is 2.64 bits per heavy atom. The molecule has 0 saturated carbocycles. The third kappa shape index (κ3) is 2.96. The molecule has 0 atom stereocenters. The van der Waals surface area contributed by atoms with Gasteiger partial charge in [-0.15, -0.1) is 0 Å². The van der Waals surface area contributed by atoms with Crippen molar-refractivity contribution in [2.24, 2.45) is 0 Å². The first kappa shape index (κ1) is 14.6. The van der Waals surface area contributed by atoms with Crippen LogP contribution in [0.4, 0.5) is 5.69 Å². The number of nitrogens with one attached hydrogen (secondary N) is 2. The number of H-pyrrole nitrogens is 1. The Labute approximate surface area is 127 Å². The van der Waals surface area contributed by atoms with Gasteiger partial charge in [0.25, 0.3) is 5.56 Å². The highest BCUT2D eigenvalue weighted by atomic mass is 32.2. The molecule has 1 aromatic heterocycles. The molecule has 2 heterocycles. The zero-order valence-corrected chi connectivity index (χ0v) is 12.7. The third-order valence-corrected chi connectivity index (χ3v) is 3.86. The first-order chi connectivity index (χ1) is 10.4. The highest BCUT2D eigenvalue weighted by Gasteiger charge is 2.18. The molecule has 0 fully saturated rings. The van der Waals surface area contributed by atoms with Crippen molar-refractivity contribution in [2.45, 2.75) is 12.8 Å². The summed E-state index contributed by atoms with van der Waals surface area (Å²) in [6, 6.07) is 6.52. The summed E-state index contributed by atoms with van der Waals surface area (Å²) in [5.41, 5.74) is 2.67. The van der Waals surface area contributed by atoms with Gasteiger partial charge in [-0.2, -0.15) is 13.5 Å². The fraction of sp³-hybridized carbons (Fsp3) is 0.286. The summed E-state index contributed by atoms with van der Waals surface area (Å²) in [5, 5.41) is 9.83. The van der Waals surface area contributed by atoms with Crippen molar-refractivity contribution in [3.8, 4) is 17.0 Å².